The Hall–Kier alpha value is -2.73. The van der Waals surface area contributed by atoms with Crippen molar-refractivity contribution in [1.82, 2.24) is 24.6 Å². The quantitative estimate of drug-likeness (QED) is 0.596. The molecule has 4 heterocycles. The zero-order chi connectivity index (χ0) is 22.1. The van der Waals surface area contributed by atoms with Crippen LogP contribution in [0, 0.1) is 13.8 Å². The summed E-state index contributed by atoms with van der Waals surface area (Å²) in [5.41, 5.74) is 6.38. The van der Waals surface area contributed by atoms with Gasteiger partial charge in [-0.2, -0.15) is 5.10 Å². The summed E-state index contributed by atoms with van der Waals surface area (Å²) in [5, 5.41) is 4.45. The van der Waals surface area contributed by atoms with Gasteiger partial charge in [-0.1, -0.05) is 36.8 Å². The Balaban J connectivity index is 1.45. The summed E-state index contributed by atoms with van der Waals surface area (Å²) in [4.78, 5) is 15.3. The number of aryl methyl sites for hydroxylation is 2. The highest BCUT2D eigenvalue weighted by Crippen LogP contribution is 2.35. The fraction of sp³-hybridized carbons (Fsp3) is 0.500. The average molecular weight is 431 g/mol. The van der Waals surface area contributed by atoms with Crippen LogP contribution in [0.25, 0.3) is 0 Å². The Morgan fingerprint density at radius 3 is 2.59 bits per heavy atom. The number of nitrogens with zero attached hydrogens (tertiary/aromatic N) is 6. The van der Waals surface area contributed by atoms with Crippen molar-refractivity contribution in [2.24, 2.45) is 7.05 Å². The molecule has 0 N–H and O–H groups in total. The molecule has 0 bridgehead atoms. The molecule has 5 rings (SSSR count). The molecule has 1 atom stereocenters. The molecular formula is C26H34N6. The van der Waals surface area contributed by atoms with Crippen molar-refractivity contribution in [2.75, 3.05) is 18.0 Å². The van der Waals surface area contributed by atoms with E-state index in [1.54, 1.807) is 0 Å². The van der Waals surface area contributed by atoms with Crippen LogP contribution in [0.15, 0.2) is 36.5 Å². The lowest BCUT2D eigenvalue weighted by atomic mass is 9.98. The maximum Gasteiger partial charge on any atom is 0.148 e. The molecule has 6 nitrogen and oxygen atoms in total. The summed E-state index contributed by atoms with van der Waals surface area (Å²) in [6.07, 6.45) is 7.85. The van der Waals surface area contributed by atoms with Gasteiger partial charge in [-0.15, -0.1) is 0 Å². The smallest absolute Gasteiger partial charge is 0.148 e. The molecule has 3 aromatic rings. The molecule has 168 valence electrons. The molecule has 6 heteroatoms. The van der Waals surface area contributed by atoms with Crippen LogP contribution in [-0.4, -0.2) is 37.7 Å². The van der Waals surface area contributed by atoms with Crippen molar-refractivity contribution in [3.8, 4) is 0 Å². The number of piperidine rings is 1. The first-order valence-electron chi connectivity index (χ1n) is 12.0. The third-order valence-electron chi connectivity index (χ3n) is 7.20. The number of benzene rings is 1. The predicted molar refractivity (Wildman–Crippen MR) is 128 cm³/mol. The number of aromatic nitrogens is 4. The molecule has 0 radical (unpaired) electrons. The third-order valence-corrected chi connectivity index (χ3v) is 7.20. The van der Waals surface area contributed by atoms with E-state index in [1.807, 2.05) is 17.9 Å². The van der Waals surface area contributed by atoms with Crippen molar-refractivity contribution < 1.29 is 0 Å². The molecule has 0 spiro atoms. The molecule has 1 fully saturated rings. The molecule has 2 aliphatic heterocycles. The zero-order valence-corrected chi connectivity index (χ0v) is 19.6. The lowest BCUT2D eigenvalue weighted by Crippen LogP contribution is -2.36. The van der Waals surface area contributed by atoms with Gasteiger partial charge >= 0.3 is 0 Å². The van der Waals surface area contributed by atoms with E-state index in [-0.39, 0.29) is 6.04 Å². The van der Waals surface area contributed by atoms with Crippen LogP contribution in [0.3, 0.4) is 0 Å². The van der Waals surface area contributed by atoms with Crippen molar-refractivity contribution in [3.05, 3.63) is 70.4 Å². The molecule has 0 unspecified atom stereocenters. The van der Waals surface area contributed by atoms with Gasteiger partial charge in [0.05, 0.1) is 12.2 Å². The summed E-state index contributed by atoms with van der Waals surface area (Å²) >= 11 is 0. The Morgan fingerprint density at radius 2 is 1.81 bits per heavy atom. The lowest BCUT2D eigenvalue weighted by molar-refractivity contribution is 0.133. The first-order valence-corrected chi connectivity index (χ1v) is 12.0. The third kappa shape index (κ3) is 4.16. The second kappa shape index (κ2) is 9.02. The van der Waals surface area contributed by atoms with Gasteiger partial charge in [0, 0.05) is 49.2 Å². The number of anilines is 1. The maximum absolute atomic E-state index is 5.25. The molecule has 1 saturated heterocycles. The average Bonchev–Trinajstić information content (AvgIpc) is 3.13. The number of hydrogen-bond acceptors (Lipinski definition) is 5. The largest absolute Gasteiger partial charge is 0.352 e. The molecule has 2 aromatic heterocycles. The van der Waals surface area contributed by atoms with Gasteiger partial charge in [-0.25, -0.2) is 9.97 Å². The number of rotatable bonds is 5. The predicted octanol–water partition coefficient (Wildman–Crippen LogP) is 4.51. The summed E-state index contributed by atoms with van der Waals surface area (Å²) in [6, 6.07) is 11.0. The van der Waals surface area contributed by atoms with Crippen LogP contribution < -0.4 is 4.90 Å². The van der Waals surface area contributed by atoms with Gasteiger partial charge < -0.3 is 4.90 Å². The number of hydrogen-bond donors (Lipinski definition) is 0. The van der Waals surface area contributed by atoms with Crippen LogP contribution in [-0.2, 0) is 26.6 Å². The summed E-state index contributed by atoms with van der Waals surface area (Å²) in [6.45, 7) is 8.30. The van der Waals surface area contributed by atoms with Crippen LogP contribution >= 0.6 is 0 Å². The number of likely N-dealkylation sites (tertiary alicyclic amines) is 1. The summed E-state index contributed by atoms with van der Waals surface area (Å²) < 4.78 is 1.97. The van der Waals surface area contributed by atoms with E-state index in [1.165, 1.54) is 41.6 Å². The van der Waals surface area contributed by atoms with E-state index in [2.05, 4.69) is 59.1 Å². The highest BCUT2D eigenvalue weighted by atomic mass is 15.3. The molecular weight excluding hydrogens is 396 g/mol. The molecule has 1 aromatic carbocycles. The molecule has 0 aliphatic carbocycles. The summed E-state index contributed by atoms with van der Waals surface area (Å²) in [5.74, 6) is 2.16. The SMILES string of the molecule is Cc1nc([C@H]2CCCCN2Cc2cnn(C)c2C)nc2c1CCCN2Cc1ccccc1. The standard InChI is InChI=1S/C26H34N6/c1-19-23-12-9-15-32(17-21-10-5-4-6-11-21)26(23)29-25(28-19)24-13-7-8-14-31(24)18-22-16-27-30(3)20(22)2/h4-6,10-11,16,24H,7-9,12-15,17-18H2,1-3H3/t24-/m1/s1. The first-order chi connectivity index (χ1) is 15.6. The Morgan fingerprint density at radius 1 is 0.969 bits per heavy atom. The van der Waals surface area contributed by atoms with E-state index in [9.17, 15) is 0 Å². The van der Waals surface area contributed by atoms with Crippen LogP contribution in [0.4, 0.5) is 5.82 Å². The van der Waals surface area contributed by atoms with E-state index in [4.69, 9.17) is 9.97 Å². The normalized spacial score (nSPS) is 19.2. The number of fused-ring (bicyclic) bond motifs is 1. The fourth-order valence-electron chi connectivity index (χ4n) is 5.21. The molecule has 0 amide bonds. The molecule has 32 heavy (non-hydrogen) atoms. The zero-order valence-electron chi connectivity index (χ0n) is 19.6. The Bertz CT molecular complexity index is 1070. The molecule has 2 aliphatic rings. The van der Waals surface area contributed by atoms with Gasteiger partial charge in [0.25, 0.3) is 0 Å². The van der Waals surface area contributed by atoms with Crippen LogP contribution in [0.1, 0.15) is 65.6 Å². The highest BCUT2D eigenvalue weighted by Gasteiger charge is 2.30. The van der Waals surface area contributed by atoms with Gasteiger partial charge in [-0.3, -0.25) is 9.58 Å². The summed E-state index contributed by atoms with van der Waals surface area (Å²) in [7, 11) is 2.02. The van der Waals surface area contributed by atoms with E-state index >= 15 is 0 Å². The van der Waals surface area contributed by atoms with Gasteiger partial charge in [0.1, 0.15) is 11.6 Å². The lowest BCUT2D eigenvalue weighted by Gasteiger charge is -2.36. The van der Waals surface area contributed by atoms with Crippen molar-refractivity contribution in [3.63, 3.8) is 0 Å². The van der Waals surface area contributed by atoms with Crippen molar-refractivity contribution in [2.45, 2.75) is 65.1 Å². The first kappa shape index (κ1) is 21.1. The highest BCUT2D eigenvalue weighted by molar-refractivity contribution is 5.52. The minimum absolute atomic E-state index is 0.271. The fourth-order valence-corrected chi connectivity index (χ4v) is 5.21. The molecule has 0 saturated carbocycles. The van der Waals surface area contributed by atoms with Crippen LogP contribution in [0.5, 0.6) is 0 Å². The Labute approximate surface area is 191 Å². The minimum atomic E-state index is 0.271. The van der Waals surface area contributed by atoms with Gasteiger partial charge in [-0.05, 0) is 51.6 Å². The van der Waals surface area contributed by atoms with Crippen LogP contribution in [0.2, 0.25) is 0 Å². The van der Waals surface area contributed by atoms with Crippen molar-refractivity contribution >= 4 is 5.82 Å². The van der Waals surface area contributed by atoms with E-state index < -0.39 is 0 Å². The van der Waals surface area contributed by atoms with Gasteiger partial charge in [0.15, 0.2) is 0 Å². The second-order valence-electron chi connectivity index (χ2n) is 9.34. The minimum Gasteiger partial charge on any atom is -0.352 e. The Kier molecular flexibility index (Phi) is 5.96. The maximum atomic E-state index is 5.25. The van der Waals surface area contributed by atoms with E-state index in [0.29, 0.717) is 0 Å². The second-order valence-corrected chi connectivity index (χ2v) is 9.34. The topological polar surface area (TPSA) is 50.1 Å². The monoisotopic (exact) mass is 430 g/mol. The van der Waals surface area contributed by atoms with Gasteiger partial charge in [0.2, 0.25) is 0 Å². The van der Waals surface area contributed by atoms with Crippen molar-refractivity contribution in [1.29, 1.82) is 0 Å². The van der Waals surface area contributed by atoms with E-state index in [0.717, 1.165) is 56.4 Å².